The number of carbonyl (C=O) groups excluding carboxylic acids is 1. The van der Waals surface area contributed by atoms with E-state index >= 15 is 0 Å². The Hall–Kier alpha value is -2.52. The van der Waals surface area contributed by atoms with Crippen molar-refractivity contribution in [2.75, 3.05) is 13.6 Å². The molecule has 1 fully saturated rings. The van der Waals surface area contributed by atoms with Crippen LogP contribution in [0.3, 0.4) is 0 Å². The minimum atomic E-state index is -4.54. The van der Waals surface area contributed by atoms with Crippen LogP contribution in [0.2, 0.25) is 0 Å². The molecule has 1 amide bonds. The first-order valence-corrected chi connectivity index (χ1v) is 9.72. The summed E-state index contributed by atoms with van der Waals surface area (Å²) in [4.78, 5) is 17.6. The average molecular weight is 424 g/mol. The van der Waals surface area contributed by atoms with Gasteiger partial charge in [-0.15, -0.1) is 0 Å². The van der Waals surface area contributed by atoms with Crippen molar-refractivity contribution in [1.29, 1.82) is 0 Å². The van der Waals surface area contributed by atoms with Crippen molar-refractivity contribution in [3.63, 3.8) is 0 Å². The van der Waals surface area contributed by atoms with Gasteiger partial charge in [0.1, 0.15) is 11.5 Å². The molecule has 0 radical (unpaired) electrons. The third-order valence-electron chi connectivity index (χ3n) is 5.25. The van der Waals surface area contributed by atoms with Crippen molar-refractivity contribution < 1.29 is 22.4 Å². The number of alkyl halides is 3. The number of hydrogen-bond acceptors (Lipinski definition) is 4. The fourth-order valence-electron chi connectivity index (χ4n) is 3.55. The van der Waals surface area contributed by atoms with Crippen LogP contribution in [0.15, 0.2) is 36.4 Å². The molecule has 1 saturated heterocycles. The van der Waals surface area contributed by atoms with Crippen molar-refractivity contribution in [3.8, 4) is 0 Å². The number of carbonyl (C=O) groups is 1. The highest BCUT2D eigenvalue weighted by atomic mass is 19.4. The Kier molecular flexibility index (Phi) is 6.72. The standard InChI is InChI=1S/C21H24F4N4O/c1-13-17(9-10-19(26-13)21(23,24)25)20(30)29(2)11-3-4-16-12-18(28-27-16)14-5-7-15(22)8-6-14/h5-10,16,18,27-28H,3-4,11-12H2,1-2H3. The number of aryl methyl sites for hydroxylation is 1. The lowest BCUT2D eigenvalue weighted by molar-refractivity contribution is -0.141. The van der Waals surface area contributed by atoms with Crippen LogP contribution < -0.4 is 10.9 Å². The van der Waals surface area contributed by atoms with Crippen LogP contribution in [-0.2, 0) is 6.18 Å². The van der Waals surface area contributed by atoms with Crippen molar-refractivity contribution >= 4 is 5.91 Å². The van der Waals surface area contributed by atoms with Crippen LogP contribution in [0.5, 0.6) is 0 Å². The molecule has 0 spiro atoms. The molecule has 2 heterocycles. The topological polar surface area (TPSA) is 57.3 Å². The normalized spacial score (nSPS) is 19.1. The zero-order chi connectivity index (χ0) is 21.9. The summed E-state index contributed by atoms with van der Waals surface area (Å²) >= 11 is 0. The predicted molar refractivity (Wildman–Crippen MR) is 104 cm³/mol. The molecule has 3 rings (SSSR count). The summed E-state index contributed by atoms with van der Waals surface area (Å²) in [6, 6.07) is 8.69. The molecule has 2 N–H and O–H groups in total. The molecule has 0 aliphatic carbocycles. The first-order valence-electron chi connectivity index (χ1n) is 9.72. The van der Waals surface area contributed by atoms with Gasteiger partial charge in [0.05, 0.1) is 11.3 Å². The van der Waals surface area contributed by atoms with E-state index in [1.165, 1.54) is 30.0 Å². The van der Waals surface area contributed by atoms with E-state index in [1.54, 1.807) is 19.2 Å². The Morgan fingerprint density at radius 3 is 2.50 bits per heavy atom. The lowest BCUT2D eigenvalue weighted by atomic mass is 9.99. The maximum Gasteiger partial charge on any atom is 0.433 e. The second-order valence-electron chi connectivity index (χ2n) is 7.52. The third kappa shape index (κ3) is 5.34. The van der Waals surface area contributed by atoms with Crippen LogP contribution in [0.25, 0.3) is 0 Å². The molecular formula is C21H24F4N4O. The lowest BCUT2D eigenvalue weighted by Crippen LogP contribution is -2.32. The van der Waals surface area contributed by atoms with E-state index < -0.39 is 11.9 Å². The molecular weight excluding hydrogens is 400 g/mol. The van der Waals surface area contributed by atoms with Crippen molar-refractivity contribution in [1.82, 2.24) is 20.7 Å². The van der Waals surface area contributed by atoms with Crippen LogP contribution in [0.1, 0.15) is 52.6 Å². The van der Waals surface area contributed by atoms with Crippen LogP contribution in [-0.4, -0.2) is 35.4 Å². The Morgan fingerprint density at radius 1 is 1.17 bits per heavy atom. The summed E-state index contributed by atoms with van der Waals surface area (Å²) in [5.41, 5.74) is 6.65. The Morgan fingerprint density at radius 2 is 1.87 bits per heavy atom. The first kappa shape index (κ1) is 22.2. The van der Waals surface area contributed by atoms with E-state index in [-0.39, 0.29) is 35.1 Å². The number of rotatable bonds is 6. The average Bonchev–Trinajstić information content (AvgIpc) is 3.16. The zero-order valence-corrected chi connectivity index (χ0v) is 16.8. The lowest BCUT2D eigenvalue weighted by Gasteiger charge is -2.19. The highest BCUT2D eigenvalue weighted by molar-refractivity contribution is 5.95. The first-order chi connectivity index (χ1) is 14.1. The number of amides is 1. The molecule has 1 aromatic carbocycles. The molecule has 1 aliphatic heterocycles. The molecule has 0 bridgehead atoms. The van der Waals surface area contributed by atoms with E-state index in [2.05, 4.69) is 15.8 Å². The van der Waals surface area contributed by atoms with Crippen LogP contribution in [0.4, 0.5) is 17.6 Å². The van der Waals surface area contributed by atoms with Gasteiger partial charge >= 0.3 is 6.18 Å². The van der Waals surface area contributed by atoms with E-state index in [1.807, 2.05) is 0 Å². The number of nitrogens with one attached hydrogen (secondary N) is 2. The molecule has 2 unspecified atom stereocenters. The molecule has 5 nitrogen and oxygen atoms in total. The van der Waals surface area contributed by atoms with Gasteiger partial charge in [-0.25, -0.2) is 9.37 Å². The molecule has 9 heteroatoms. The van der Waals surface area contributed by atoms with Gasteiger partial charge in [0.2, 0.25) is 0 Å². The smallest absolute Gasteiger partial charge is 0.342 e. The summed E-state index contributed by atoms with van der Waals surface area (Å²) in [5, 5.41) is 0. The van der Waals surface area contributed by atoms with Gasteiger partial charge in [0.15, 0.2) is 0 Å². The minimum Gasteiger partial charge on any atom is -0.342 e. The molecule has 162 valence electrons. The van der Waals surface area contributed by atoms with Crippen molar-refractivity contribution in [2.24, 2.45) is 0 Å². The van der Waals surface area contributed by atoms with Gasteiger partial charge < -0.3 is 4.90 Å². The summed E-state index contributed by atoms with van der Waals surface area (Å²) in [7, 11) is 1.63. The maximum atomic E-state index is 13.1. The molecule has 1 aliphatic rings. The molecule has 1 aromatic heterocycles. The van der Waals surface area contributed by atoms with E-state index in [9.17, 15) is 22.4 Å². The highest BCUT2D eigenvalue weighted by Gasteiger charge is 2.33. The number of halogens is 4. The Balaban J connectivity index is 1.48. The van der Waals surface area contributed by atoms with Gasteiger partial charge in [-0.2, -0.15) is 13.2 Å². The van der Waals surface area contributed by atoms with Gasteiger partial charge in [-0.3, -0.25) is 15.6 Å². The largest absolute Gasteiger partial charge is 0.433 e. The molecule has 2 aromatic rings. The quantitative estimate of drug-likeness (QED) is 0.688. The molecule has 0 saturated carbocycles. The number of hydrazine groups is 1. The Bertz CT molecular complexity index is 886. The van der Waals surface area contributed by atoms with Gasteiger partial charge in [0.25, 0.3) is 5.91 Å². The maximum absolute atomic E-state index is 13.1. The van der Waals surface area contributed by atoms with Crippen molar-refractivity contribution in [3.05, 3.63) is 64.7 Å². The zero-order valence-electron chi connectivity index (χ0n) is 16.8. The number of nitrogens with zero attached hydrogens (tertiary/aromatic N) is 2. The Labute approximate surface area is 172 Å². The summed E-state index contributed by atoms with van der Waals surface area (Å²) in [6.07, 6.45) is -2.16. The SMILES string of the molecule is Cc1nc(C(F)(F)F)ccc1C(=O)N(C)CCCC1CC(c2ccc(F)cc2)NN1. The number of aromatic nitrogens is 1. The summed E-state index contributed by atoms with van der Waals surface area (Å²) in [5.74, 6) is -0.622. The van der Waals surface area contributed by atoms with E-state index in [4.69, 9.17) is 0 Å². The van der Waals surface area contributed by atoms with Gasteiger partial charge in [0, 0.05) is 25.7 Å². The minimum absolute atomic E-state index is 0.0606. The summed E-state index contributed by atoms with van der Waals surface area (Å²) in [6.45, 7) is 1.87. The monoisotopic (exact) mass is 424 g/mol. The molecule has 2 atom stereocenters. The fourth-order valence-corrected chi connectivity index (χ4v) is 3.55. The fraction of sp³-hybridized carbons (Fsp3) is 0.429. The van der Waals surface area contributed by atoms with Gasteiger partial charge in [-0.05, 0) is 56.0 Å². The molecule has 30 heavy (non-hydrogen) atoms. The van der Waals surface area contributed by atoms with E-state index in [0.29, 0.717) is 6.54 Å². The number of pyridine rings is 1. The second-order valence-corrected chi connectivity index (χ2v) is 7.52. The number of benzene rings is 1. The predicted octanol–water partition coefficient (Wildman–Crippen LogP) is 4.01. The van der Waals surface area contributed by atoms with Crippen molar-refractivity contribution in [2.45, 2.75) is 44.4 Å². The van der Waals surface area contributed by atoms with Gasteiger partial charge in [-0.1, -0.05) is 12.1 Å². The second kappa shape index (κ2) is 9.09. The van der Waals surface area contributed by atoms with E-state index in [0.717, 1.165) is 30.9 Å². The summed E-state index contributed by atoms with van der Waals surface area (Å²) < 4.78 is 51.3. The number of hydrogen-bond donors (Lipinski definition) is 2. The van der Waals surface area contributed by atoms with Crippen LogP contribution >= 0.6 is 0 Å². The van der Waals surface area contributed by atoms with Crippen LogP contribution in [0, 0.1) is 12.7 Å². The highest BCUT2D eigenvalue weighted by Crippen LogP contribution is 2.28. The third-order valence-corrected chi connectivity index (χ3v) is 5.25.